The van der Waals surface area contributed by atoms with Crippen LogP contribution in [0.25, 0.3) is 21.9 Å². The summed E-state index contributed by atoms with van der Waals surface area (Å²) in [6.45, 7) is 3.77. The molecule has 284 valence electrons. The summed E-state index contributed by atoms with van der Waals surface area (Å²) in [5.41, 5.74) is 2.80. The molecule has 4 aliphatic rings. The number of rotatable bonds is 11. The summed E-state index contributed by atoms with van der Waals surface area (Å²) < 4.78 is 19.2. The summed E-state index contributed by atoms with van der Waals surface area (Å²) in [6, 6.07) is 9.43. The molecule has 0 saturated carbocycles. The highest BCUT2D eigenvalue weighted by molar-refractivity contribution is 6.24. The number of benzene rings is 2. The van der Waals surface area contributed by atoms with Crippen LogP contribution >= 0.6 is 0 Å². The summed E-state index contributed by atoms with van der Waals surface area (Å²) in [7, 11) is 4.98. The molecule has 15 heteroatoms. The van der Waals surface area contributed by atoms with Crippen molar-refractivity contribution in [2.75, 3.05) is 47.0 Å². The third-order valence-electron chi connectivity index (χ3n) is 11.0. The molecule has 15 nitrogen and oxygen atoms in total. The van der Waals surface area contributed by atoms with Crippen LogP contribution in [0.2, 0.25) is 0 Å². The second-order valence-corrected chi connectivity index (χ2v) is 14.7. The van der Waals surface area contributed by atoms with Crippen LogP contribution in [0.5, 0.6) is 17.2 Å². The maximum Gasteiger partial charge on any atom is 0.266 e. The Morgan fingerprint density at radius 1 is 0.927 bits per heavy atom. The van der Waals surface area contributed by atoms with Gasteiger partial charge in [-0.1, -0.05) is 6.07 Å². The van der Waals surface area contributed by atoms with Crippen molar-refractivity contribution in [3.8, 4) is 28.4 Å². The van der Waals surface area contributed by atoms with Gasteiger partial charge in [0.25, 0.3) is 17.4 Å². The summed E-state index contributed by atoms with van der Waals surface area (Å²) in [5.74, 6) is -0.733. The lowest BCUT2D eigenvalue weighted by atomic mass is 9.72. The molecule has 55 heavy (non-hydrogen) atoms. The van der Waals surface area contributed by atoms with Gasteiger partial charge in [0.2, 0.25) is 17.7 Å². The van der Waals surface area contributed by atoms with Gasteiger partial charge in [-0.3, -0.25) is 48.9 Å². The Bertz CT molecular complexity index is 2320. The highest BCUT2D eigenvalue weighted by Crippen LogP contribution is 2.44. The van der Waals surface area contributed by atoms with Gasteiger partial charge < -0.3 is 23.7 Å². The number of piperidine rings is 1. The molecule has 0 radical (unpaired) electrons. The van der Waals surface area contributed by atoms with Crippen molar-refractivity contribution in [2.45, 2.75) is 38.3 Å². The van der Waals surface area contributed by atoms with E-state index < -0.39 is 29.7 Å². The van der Waals surface area contributed by atoms with Crippen molar-refractivity contribution in [3.05, 3.63) is 82.0 Å². The van der Waals surface area contributed by atoms with Crippen LogP contribution in [0.3, 0.4) is 0 Å². The number of nitrogens with one attached hydrogen (secondary N) is 1. The minimum Gasteiger partial charge on any atom is -0.496 e. The van der Waals surface area contributed by atoms with E-state index in [2.05, 4.69) is 15.2 Å². The lowest BCUT2D eigenvalue weighted by Gasteiger charge is -2.60. The molecule has 0 bridgehead atoms. The van der Waals surface area contributed by atoms with E-state index in [1.165, 1.54) is 6.07 Å². The van der Waals surface area contributed by atoms with Crippen LogP contribution in [0, 0.1) is 5.41 Å². The first-order chi connectivity index (χ1) is 26.5. The molecule has 2 aromatic heterocycles. The number of nitrogens with zero attached hydrogens (tertiary/aromatic N) is 5. The van der Waals surface area contributed by atoms with Crippen molar-refractivity contribution in [1.82, 2.24) is 29.6 Å². The number of aryl methyl sites for hydroxylation is 1. The largest absolute Gasteiger partial charge is 0.496 e. The highest BCUT2D eigenvalue weighted by Gasteiger charge is 2.53. The normalized spacial score (nSPS) is 18.9. The average molecular weight is 749 g/mol. The van der Waals surface area contributed by atoms with Gasteiger partial charge in [0.15, 0.2) is 0 Å². The molecule has 5 amide bonds. The van der Waals surface area contributed by atoms with Crippen LogP contribution in [-0.4, -0.2) is 107 Å². The Hall–Kier alpha value is -6.09. The lowest BCUT2D eigenvalue weighted by molar-refractivity contribution is -0.160. The quantitative estimate of drug-likeness (QED) is 0.177. The number of carbonyl (C=O) groups excluding carboxylic acids is 5. The van der Waals surface area contributed by atoms with E-state index >= 15 is 0 Å². The lowest BCUT2D eigenvalue weighted by Crippen LogP contribution is -2.72. The van der Waals surface area contributed by atoms with E-state index in [9.17, 15) is 28.8 Å². The van der Waals surface area contributed by atoms with E-state index in [4.69, 9.17) is 14.2 Å². The molecule has 1 atom stereocenters. The van der Waals surface area contributed by atoms with Crippen LogP contribution in [-0.2, 0) is 28.0 Å². The number of aromatic nitrogens is 2. The molecule has 4 aromatic rings. The molecule has 1 unspecified atom stereocenters. The first-order valence-corrected chi connectivity index (χ1v) is 18.2. The second-order valence-electron chi connectivity index (χ2n) is 14.7. The van der Waals surface area contributed by atoms with Gasteiger partial charge in [-0.2, -0.15) is 0 Å². The van der Waals surface area contributed by atoms with Gasteiger partial charge in [-0.05, 0) is 54.1 Å². The van der Waals surface area contributed by atoms with Crippen molar-refractivity contribution >= 4 is 40.3 Å². The van der Waals surface area contributed by atoms with Crippen LogP contribution in [0.1, 0.15) is 52.0 Å². The van der Waals surface area contributed by atoms with Gasteiger partial charge in [0.05, 0.1) is 42.9 Å². The maximum absolute atomic E-state index is 13.3. The SMILES string of the molecule is COc1cc(-c2cn(C)c(=O)c3cnccc23)cc(OC)c1CN1CC2(C1)CN(C(=O)CCCOc1cccc3c1C(=O)N(C1CCC(=O)NC1=O)C3=O)C2. The average Bonchev–Trinajstić information content (AvgIpc) is 3.40. The van der Waals surface area contributed by atoms with E-state index in [1.807, 2.05) is 29.3 Å². The topological polar surface area (TPSA) is 170 Å². The predicted molar refractivity (Wildman–Crippen MR) is 198 cm³/mol. The molecule has 6 heterocycles. The molecule has 4 aliphatic heterocycles. The number of methoxy groups -OCH3 is 2. The van der Waals surface area contributed by atoms with Gasteiger partial charge in [-0.15, -0.1) is 0 Å². The standard InChI is InChI=1S/C40H40N6O9/c1-43-17-27(24-11-12-41-16-26(24)37(43)50)23-14-31(53-2)28(32(15-23)54-3)18-44-19-40(20-44)21-45(22-40)34(48)8-5-13-55-30-7-4-6-25-35(30)39(52)46(38(25)51)29-9-10-33(47)42-36(29)49/h4,6-7,11-12,14-17,29H,5,8-10,13,18-22H2,1-3H3,(H,42,47,49). The summed E-state index contributed by atoms with van der Waals surface area (Å²) >= 11 is 0. The molecule has 8 rings (SSSR count). The number of imide groups is 2. The fourth-order valence-electron chi connectivity index (χ4n) is 8.38. The Balaban J connectivity index is 0.838. The van der Waals surface area contributed by atoms with Crippen molar-refractivity contribution in [3.63, 3.8) is 0 Å². The molecule has 0 aliphatic carbocycles. The Morgan fingerprint density at radius 3 is 2.38 bits per heavy atom. The Kier molecular flexibility index (Phi) is 9.11. The van der Waals surface area contributed by atoms with E-state index in [1.54, 1.807) is 50.4 Å². The van der Waals surface area contributed by atoms with E-state index in [0.717, 1.165) is 40.1 Å². The summed E-state index contributed by atoms with van der Waals surface area (Å²) in [6.07, 6.45) is 5.86. The summed E-state index contributed by atoms with van der Waals surface area (Å²) in [5, 5.41) is 3.52. The third-order valence-corrected chi connectivity index (χ3v) is 11.0. The molecule has 1 spiro atoms. The zero-order chi connectivity index (χ0) is 38.6. The minimum atomic E-state index is -1.06. The number of pyridine rings is 2. The Morgan fingerprint density at radius 2 is 1.67 bits per heavy atom. The van der Waals surface area contributed by atoms with Crippen LogP contribution in [0.4, 0.5) is 0 Å². The van der Waals surface area contributed by atoms with Gasteiger partial charge in [0, 0.05) is 82.2 Å². The number of carbonyl (C=O) groups is 5. The first kappa shape index (κ1) is 35.9. The molecule has 1 N–H and O–H groups in total. The van der Waals surface area contributed by atoms with Crippen molar-refractivity contribution in [1.29, 1.82) is 0 Å². The fraction of sp³-hybridized carbons (Fsp3) is 0.375. The number of amides is 5. The Labute approximate surface area is 315 Å². The molecule has 3 fully saturated rings. The highest BCUT2D eigenvalue weighted by atomic mass is 16.5. The smallest absolute Gasteiger partial charge is 0.266 e. The molecular formula is C40H40N6O9. The molecule has 3 saturated heterocycles. The van der Waals surface area contributed by atoms with Crippen molar-refractivity contribution in [2.24, 2.45) is 12.5 Å². The van der Waals surface area contributed by atoms with E-state index in [-0.39, 0.29) is 59.6 Å². The van der Waals surface area contributed by atoms with E-state index in [0.29, 0.717) is 42.9 Å². The van der Waals surface area contributed by atoms with Gasteiger partial charge in [0.1, 0.15) is 23.3 Å². The number of hydrogen-bond donors (Lipinski definition) is 1. The minimum absolute atomic E-state index is 0.0295. The second kappa shape index (κ2) is 14.0. The van der Waals surface area contributed by atoms with Crippen LogP contribution in [0.15, 0.2) is 59.8 Å². The maximum atomic E-state index is 13.3. The summed E-state index contributed by atoms with van der Waals surface area (Å²) in [4.78, 5) is 85.4. The van der Waals surface area contributed by atoms with Gasteiger partial charge >= 0.3 is 0 Å². The zero-order valence-electron chi connectivity index (χ0n) is 30.8. The third kappa shape index (κ3) is 6.27. The fourth-order valence-corrected chi connectivity index (χ4v) is 8.38. The van der Waals surface area contributed by atoms with Crippen molar-refractivity contribution < 1.29 is 38.2 Å². The number of likely N-dealkylation sites (tertiary alicyclic amines) is 2. The molecule has 2 aromatic carbocycles. The van der Waals surface area contributed by atoms with Crippen LogP contribution < -0.4 is 25.1 Å². The predicted octanol–water partition coefficient (Wildman–Crippen LogP) is 2.52. The number of ether oxygens (including phenoxy) is 3. The van der Waals surface area contributed by atoms with Gasteiger partial charge in [-0.25, -0.2) is 0 Å². The zero-order valence-corrected chi connectivity index (χ0v) is 30.8. The number of fused-ring (bicyclic) bond motifs is 2. The monoisotopic (exact) mass is 748 g/mol. The first-order valence-electron chi connectivity index (χ1n) is 18.2. The number of hydrogen-bond acceptors (Lipinski definition) is 11. The molecular weight excluding hydrogens is 708 g/mol.